The summed E-state index contributed by atoms with van der Waals surface area (Å²) in [5.74, 6) is 0.364. The van der Waals surface area contributed by atoms with Crippen molar-refractivity contribution >= 4 is 27.5 Å². The quantitative estimate of drug-likeness (QED) is 0.621. The second-order valence-electron chi connectivity index (χ2n) is 2.34. The maximum Gasteiger partial charge on any atom is 0.309 e. The molecule has 0 aliphatic heterocycles. The van der Waals surface area contributed by atoms with Gasteiger partial charge in [0.25, 0.3) is 0 Å². The smallest absolute Gasteiger partial charge is 0.309 e. The molecule has 2 aromatic rings. The zero-order valence-corrected chi connectivity index (χ0v) is 7.13. The van der Waals surface area contributed by atoms with Crippen LogP contribution in [0, 0.1) is 0 Å². The number of aryl methyl sites for hydroxylation is 1. The molecule has 0 aromatic carbocycles. The van der Waals surface area contributed by atoms with Crippen LogP contribution in [0.4, 0.5) is 5.82 Å². The molecular weight excluding hydrogens is 176 g/mol. The predicted octanol–water partition coefficient (Wildman–Crippen LogP) is -0.0278. The average Bonchev–Trinajstić information content (AvgIpc) is 2.32. The fraction of sp³-hybridized carbons (Fsp3) is 0.167. The highest BCUT2D eigenvalue weighted by molar-refractivity contribution is 7.17. The molecule has 0 saturated carbocycles. The summed E-state index contributed by atoms with van der Waals surface area (Å²) in [7, 11) is 1.66. The second kappa shape index (κ2) is 2.28. The SMILES string of the molecule is Cn1c(=O)sc2c(N)ncnc21. The highest BCUT2D eigenvalue weighted by atomic mass is 32.1. The van der Waals surface area contributed by atoms with Crippen molar-refractivity contribution in [3.63, 3.8) is 0 Å². The maximum atomic E-state index is 11.1. The third-order valence-corrected chi connectivity index (χ3v) is 2.64. The van der Waals surface area contributed by atoms with E-state index in [1.165, 1.54) is 10.9 Å². The predicted molar refractivity (Wildman–Crippen MR) is 47.1 cm³/mol. The first-order valence-electron chi connectivity index (χ1n) is 3.26. The van der Waals surface area contributed by atoms with E-state index >= 15 is 0 Å². The summed E-state index contributed by atoms with van der Waals surface area (Å²) in [5.41, 5.74) is 6.14. The number of nitrogens with two attached hydrogens (primary N) is 1. The molecular formula is C6H6N4OS. The molecule has 12 heavy (non-hydrogen) atoms. The first kappa shape index (κ1) is 7.23. The molecule has 0 aliphatic rings. The van der Waals surface area contributed by atoms with Gasteiger partial charge in [-0.05, 0) is 0 Å². The number of thiazole rings is 1. The van der Waals surface area contributed by atoms with Crippen molar-refractivity contribution in [2.24, 2.45) is 7.05 Å². The number of fused-ring (bicyclic) bond motifs is 1. The third-order valence-electron chi connectivity index (χ3n) is 1.59. The Morgan fingerprint density at radius 3 is 3.00 bits per heavy atom. The van der Waals surface area contributed by atoms with Gasteiger partial charge < -0.3 is 5.73 Å². The number of rotatable bonds is 0. The van der Waals surface area contributed by atoms with Crippen molar-refractivity contribution in [2.45, 2.75) is 0 Å². The van der Waals surface area contributed by atoms with Gasteiger partial charge in [-0.25, -0.2) is 9.97 Å². The zero-order valence-electron chi connectivity index (χ0n) is 6.31. The number of nitrogens with zero attached hydrogens (tertiary/aromatic N) is 3. The van der Waals surface area contributed by atoms with Crippen LogP contribution in [0.1, 0.15) is 0 Å². The van der Waals surface area contributed by atoms with Crippen molar-refractivity contribution in [1.82, 2.24) is 14.5 Å². The van der Waals surface area contributed by atoms with Crippen LogP contribution in [0.15, 0.2) is 11.1 Å². The van der Waals surface area contributed by atoms with Crippen molar-refractivity contribution in [3.05, 3.63) is 16.0 Å². The second-order valence-corrected chi connectivity index (χ2v) is 3.30. The first-order valence-corrected chi connectivity index (χ1v) is 4.08. The number of aromatic nitrogens is 3. The molecule has 2 rings (SSSR count). The molecule has 2 heterocycles. The van der Waals surface area contributed by atoms with Gasteiger partial charge in [-0.2, -0.15) is 0 Å². The summed E-state index contributed by atoms with van der Waals surface area (Å²) in [6.07, 6.45) is 1.35. The van der Waals surface area contributed by atoms with E-state index in [1.807, 2.05) is 0 Å². The van der Waals surface area contributed by atoms with Crippen LogP contribution in [0.25, 0.3) is 10.3 Å². The lowest BCUT2D eigenvalue weighted by atomic mass is 10.5. The fourth-order valence-electron chi connectivity index (χ4n) is 0.957. The van der Waals surface area contributed by atoms with Crippen molar-refractivity contribution < 1.29 is 0 Å². The zero-order chi connectivity index (χ0) is 8.72. The Balaban J connectivity index is 3.05. The highest BCUT2D eigenvalue weighted by Crippen LogP contribution is 2.17. The van der Waals surface area contributed by atoms with Crippen LogP contribution in [0.3, 0.4) is 0 Å². The Hall–Kier alpha value is -1.43. The first-order chi connectivity index (χ1) is 5.70. The Morgan fingerprint density at radius 2 is 2.33 bits per heavy atom. The van der Waals surface area contributed by atoms with E-state index in [1.54, 1.807) is 7.05 Å². The number of nitrogen functional groups attached to an aromatic ring is 1. The third kappa shape index (κ3) is 0.814. The molecule has 0 amide bonds. The lowest BCUT2D eigenvalue weighted by Crippen LogP contribution is -2.07. The van der Waals surface area contributed by atoms with E-state index < -0.39 is 0 Å². The highest BCUT2D eigenvalue weighted by Gasteiger charge is 2.07. The van der Waals surface area contributed by atoms with Gasteiger partial charge in [0.15, 0.2) is 5.65 Å². The molecule has 2 N–H and O–H groups in total. The molecule has 0 spiro atoms. The molecule has 0 atom stereocenters. The minimum atomic E-state index is -0.0720. The molecule has 0 saturated heterocycles. The molecule has 2 aromatic heterocycles. The molecule has 0 radical (unpaired) electrons. The summed E-state index contributed by atoms with van der Waals surface area (Å²) in [4.78, 5) is 18.8. The number of hydrogen-bond donors (Lipinski definition) is 1. The maximum absolute atomic E-state index is 11.1. The lowest BCUT2D eigenvalue weighted by molar-refractivity contribution is 0.915. The molecule has 0 fully saturated rings. The van der Waals surface area contributed by atoms with Crippen LogP contribution in [0.2, 0.25) is 0 Å². The minimum absolute atomic E-state index is 0.0720. The summed E-state index contributed by atoms with van der Waals surface area (Å²) in [5, 5.41) is 0. The van der Waals surface area contributed by atoms with Gasteiger partial charge in [-0.3, -0.25) is 9.36 Å². The number of anilines is 1. The summed E-state index contributed by atoms with van der Waals surface area (Å²) in [6.45, 7) is 0. The molecule has 5 nitrogen and oxygen atoms in total. The Kier molecular flexibility index (Phi) is 1.37. The fourth-order valence-corrected chi connectivity index (χ4v) is 1.79. The molecule has 62 valence electrons. The monoisotopic (exact) mass is 182 g/mol. The van der Waals surface area contributed by atoms with Crippen molar-refractivity contribution in [3.8, 4) is 0 Å². The van der Waals surface area contributed by atoms with Gasteiger partial charge in [-0.15, -0.1) is 0 Å². The minimum Gasteiger partial charge on any atom is -0.382 e. The Labute approximate surface area is 71.5 Å². The van der Waals surface area contributed by atoms with E-state index in [0.29, 0.717) is 16.2 Å². The Bertz CT molecular complexity index is 486. The topological polar surface area (TPSA) is 73.8 Å². The van der Waals surface area contributed by atoms with Crippen LogP contribution in [0.5, 0.6) is 0 Å². The summed E-state index contributed by atoms with van der Waals surface area (Å²) < 4.78 is 2.11. The van der Waals surface area contributed by atoms with Gasteiger partial charge >= 0.3 is 4.87 Å². The van der Waals surface area contributed by atoms with Crippen LogP contribution in [-0.4, -0.2) is 14.5 Å². The summed E-state index contributed by atoms with van der Waals surface area (Å²) in [6, 6.07) is 0. The molecule has 6 heteroatoms. The summed E-state index contributed by atoms with van der Waals surface area (Å²) >= 11 is 1.06. The van der Waals surface area contributed by atoms with Crippen LogP contribution in [-0.2, 0) is 7.05 Å². The van der Waals surface area contributed by atoms with Gasteiger partial charge in [-0.1, -0.05) is 11.3 Å². The average molecular weight is 182 g/mol. The number of hydrogen-bond acceptors (Lipinski definition) is 5. The lowest BCUT2D eigenvalue weighted by Gasteiger charge is -1.92. The van der Waals surface area contributed by atoms with Gasteiger partial charge in [0.05, 0.1) is 0 Å². The van der Waals surface area contributed by atoms with E-state index in [9.17, 15) is 4.79 Å². The largest absolute Gasteiger partial charge is 0.382 e. The van der Waals surface area contributed by atoms with E-state index in [4.69, 9.17) is 5.73 Å². The van der Waals surface area contributed by atoms with E-state index in [2.05, 4.69) is 9.97 Å². The van der Waals surface area contributed by atoms with E-state index in [-0.39, 0.29) is 4.87 Å². The van der Waals surface area contributed by atoms with Crippen molar-refractivity contribution in [2.75, 3.05) is 5.73 Å². The van der Waals surface area contributed by atoms with Gasteiger partial charge in [0, 0.05) is 7.05 Å². The molecule has 0 bridgehead atoms. The van der Waals surface area contributed by atoms with Gasteiger partial charge in [0.1, 0.15) is 16.8 Å². The van der Waals surface area contributed by atoms with Crippen molar-refractivity contribution in [1.29, 1.82) is 0 Å². The van der Waals surface area contributed by atoms with Gasteiger partial charge in [0.2, 0.25) is 0 Å². The van der Waals surface area contributed by atoms with E-state index in [0.717, 1.165) is 11.3 Å². The Morgan fingerprint density at radius 1 is 1.58 bits per heavy atom. The van der Waals surface area contributed by atoms with Crippen LogP contribution < -0.4 is 10.6 Å². The standard InChI is InChI=1S/C6H6N4OS/c1-10-5-3(12-6(10)11)4(7)8-2-9-5/h2H,1H3,(H2,7,8,9). The normalized spacial score (nSPS) is 10.8. The van der Waals surface area contributed by atoms with Crippen LogP contribution >= 0.6 is 11.3 Å². The molecule has 0 aliphatic carbocycles. The molecule has 0 unspecified atom stereocenters.